The minimum Gasteiger partial charge on any atom is -0.267 e. The van der Waals surface area contributed by atoms with Gasteiger partial charge in [-0.15, -0.1) is 0 Å². The molecule has 0 aliphatic heterocycles. The standard InChI is InChI=1S/C11H7FIN3/c12-10-2-1-8(4-14)9(3-10)6-16-7-11(13)5-15-16/h1-3,5,7H,6H2. The summed E-state index contributed by atoms with van der Waals surface area (Å²) in [6.45, 7) is 0.406. The number of nitriles is 1. The van der Waals surface area contributed by atoms with Crippen LogP contribution in [0.3, 0.4) is 0 Å². The van der Waals surface area contributed by atoms with Crippen molar-refractivity contribution in [2.24, 2.45) is 0 Å². The lowest BCUT2D eigenvalue weighted by atomic mass is 10.1. The lowest BCUT2D eigenvalue weighted by Gasteiger charge is -2.04. The predicted molar refractivity (Wildman–Crippen MR) is 65.2 cm³/mol. The highest BCUT2D eigenvalue weighted by Gasteiger charge is 2.05. The van der Waals surface area contributed by atoms with Crippen molar-refractivity contribution < 1.29 is 4.39 Å². The zero-order valence-electron chi connectivity index (χ0n) is 8.19. The molecular formula is C11H7FIN3. The maximum atomic E-state index is 13.1. The van der Waals surface area contributed by atoms with Crippen LogP contribution in [0.5, 0.6) is 0 Å². The molecule has 0 spiro atoms. The Morgan fingerprint density at radius 2 is 2.31 bits per heavy atom. The first-order valence-corrected chi connectivity index (χ1v) is 5.63. The zero-order valence-corrected chi connectivity index (χ0v) is 10.3. The summed E-state index contributed by atoms with van der Waals surface area (Å²) in [7, 11) is 0. The summed E-state index contributed by atoms with van der Waals surface area (Å²) in [4.78, 5) is 0. The van der Waals surface area contributed by atoms with Gasteiger partial charge in [0.15, 0.2) is 0 Å². The van der Waals surface area contributed by atoms with Crippen molar-refractivity contribution in [3.8, 4) is 6.07 Å². The molecule has 0 bridgehead atoms. The van der Waals surface area contributed by atoms with Gasteiger partial charge in [-0.2, -0.15) is 10.4 Å². The fraction of sp³-hybridized carbons (Fsp3) is 0.0909. The first-order chi connectivity index (χ1) is 7.69. The third-order valence-electron chi connectivity index (χ3n) is 2.12. The fourth-order valence-electron chi connectivity index (χ4n) is 1.40. The van der Waals surface area contributed by atoms with Gasteiger partial charge in [-0.1, -0.05) is 0 Å². The van der Waals surface area contributed by atoms with E-state index in [4.69, 9.17) is 5.26 Å². The number of aromatic nitrogens is 2. The molecule has 2 rings (SSSR count). The Hall–Kier alpha value is -1.42. The second-order valence-electron chi connectivity index (χ2n) is 3.27. The maximum absolute atomic E-state index is 13.1. The molecule has 5 heteroatoms. The molecule has 0 aliphatic carbocycles. The van der Waals surface area contributed by atoms with Crippen LogP contribution in [-0.4, -0.2) is 9.78 Å². The monoisotopic (exact) mass is 327 g/mol. The topological polar surface area (TPSA) is 41.6 Å². The smallest absolute Gasteiger partial charge is 0.123 e. The Balaban J connectivity index is 2.34. The highest BCUT2D eigenvalue weighted by molar-refractivity contribution is 14.1. The van der Waals surface area contributed by atoms with Gasteiger partial charge in [0.25, 0.3) is 0 Å². The van der Waals surface area contributed by atoms with Gasteiger partial charge in [-0.05, 0) is 46.4 Å². The van der Waals surface area contributed by atoms with E-state index in [0.29, 0.717) is 17.7 Å². The Morgan fingerprint density at radius 3 is 2.94 bits per heavy atom. The van der Waals surface area contributed by atoms with Crippen LogP contribution in [0.15, 0.2) is 30.6 Å². The van der Waals surface area contributed by atoms with Gasteiger partial charge in [-0.25, -0.2) is 4.39 Å². The molecule has 0 aliphatic rings. The zero-order chi connectivity index (χ0) is 11.5. The molecule has 1 aromatic carbocycles. The lowest BCUT2D eigenvalue weighted by molar-refractivity contribution is 0.618. The molecule has 80 valence electrons. The molecule has 0 saturated carbocycles. The van der Waals surface area contributed by atoms with Crippen LogP contribution in [0.4, 0.5) is 4.39 Å². The average molecular weight is 327 g/mol. The van der Waals surface area contributed by atoms with E-state index in [9.17, 15) is 4.39 Å². The Bertz CT molecular complexity index is 557. The first-order valence-electron chi connectivity index (χ1n) is 4.55. The molecular weight excluding hydrogens is 320 g/mol. The molecule has 3 nitrogen and oxygen atoms in total. The SMILES string of the molecule is N#Cc1ccc(F)cc1Cn1cc(I)cn1. The molecule has 0 radical (unpaired) electrons. The summed E-state index contributed by atoms with van der Waals surface area (Å²) in [5.74, 6) is -0.337. The Labute approximate surface area is 106 Å². The van der Waals surface area contributed by atoms with Gasteiger partial charge in [0.05, 0.1) is 27.9 Å². The Morgan fingerprint density at radius 1 is 1.50 bits per heavy atom. The quantitative estimate of drug-likeness (QED) is 0.796. The van der Waals surface area contributed by atoms with E-state index in [1.54, 1.807) is 10.9 Å². The van der Waals surface area contributed by atoms with Crippen LogP contribution in [-0.2, 0) is 6.54 Å². The van der Waals surface area contributed by atoms with E-state index >= 15 is 0 Å². The van der Waals surface area contributed by atoms with E-state index in [2.05, 4.69) is 27.7 Å². The first kappa shape index (κ1) is 11.1. The molecule has 0 atom stereocenters. The molecule has 16 heavy (non-hydrogen) atoms. The summed E-state index contributed by atoms with van der Waals surface area (Å²) in [6, 6.07) is 6.18. The minimum absolute atomic E-state index is 0.337. The van der Waals surface area contributed by atoms with E-state index in [1.165, 1.54) is 18.2 Å². The number of halogens is 2. The van der Waals surface area contributed by atoms with Gasteiger partial charge < -0.3 is 0 Å². The molecule has 0 unspecified atom stereocenters. The molecule has 0 N–H and O–H groups in total. The van der Waals surface area contributed by atoms with E-state index in [1.807, 2.05) is 12.3 Å². The molecule has 0 fully saturated rings. The summed E-state index contributed by atoms with van der Waals surface area (Å²) in [6.07, 6.45) is 3.55. The lowest BCUT2D eigenvalue weighted by Crippen LogP contribution is -2.02. The number of benzene rings is 1. The summed E-state index contributed by atoms with van der Waals surface area (Å²) in [5, 5.41) is 13.0. The summed E-state index contributed by atoms with van der Waals surface area (Å²) >= 11 is 2.15. The normalized spacial score (nSPS) is 10.1. The third-order valence-corrected chi connectivity index (χ3v) is 2.68. The molecule has 1 aromatic heterocycles. The van der Waals surface area contributed by atoms with Crippen molar-refractivity contribution in [1.29, 1.82) is 5.26 Å². The predicted octanol–water partition coefficient (Wildman–Crippen LogP) is 2.55. The molecule has 1 heterocycles. The van der Waals surface area contributed by atoms with Crippen molar-refractivity contribution >= 4 is 22.6 Å². The van der Waals surface area contributed by atoms with Gasteiger partial charge in [-0.3, -0.25) is 4.68 Å². The van der Waals surface area contributed by atoms with Gasteiger partial charge in [0, 0.05) is 6.20 Å². The molecule has 2 aromatic rings. The summed E-state index contributed by atoms with van der Waals surface area (Å²) < 4.78 is 15.7. The van der Waals surface area contributed by atoms with Crippen LogP contribution in [0, 0.1) is 20.7 Å². The molecule has 0 saturated heterocycles. The maximum Gasteiger partial charge on any atom is 0.123 e. The number of rotatable bonds is 2. The Kier molecular flexibility index (Phi) is 3.19. The van der Waals surface area contributed by atoms with Crippen molar-refractivity contribution in [2.75, 3.05) is 0 Å². The van der Waals surface area contributed by atoms with Crippen LogP contribution >= 0.6 is 22.6 Å². The van der Waals surface area contributed by atoms with Crippen LogP contribution < -0.4 is 0 Å². The minimum atomic E-state index is -0.337. The van der Waals surface area contributed by atoms with Crippen LogP contribution in [0.1, 0.15) is 11.1 Å². The fourth-order valence-corrected chi connectivity index (χ4v) is 1.85. The number of hydrogen-bond acceptors (Lipinski definition) is 2. The van der Waals surface area contributed by atoms with Crippen molar-refractivity contribution in [1.82, 2.24) is 9.78 Å². The van der Waals surface area contributed by atoms with E-state index in [-0.39, 0.29) is 5.82 Å². The second kappa shape index (κ2) is 4.61. The van der Waals surface area contributed by atoms with Crippen LogP contribution in [0.25, 0.3) is 0 Å². The number of hydrogen-bond donors (Lipinski definition) is 0. The van der Waals surface area contributed by atoms with Gasteiger partial charge >= 0.3 is 0 Å². The highest BCUT2D eigenvalue weighted by Crippen LogP contribution is 2.12. The summed E-state index contributed by atoms with van der Waals surface area (Å²) in [5.41, 5.74) is 1.12. The van der Waals surface area contributed by atoms with E-state index < -0.39 is 0 Å². The highest BCUT2D eigenvalue weighted by atomic mass is 127. The largest absolute Gasteiger partial charge is 0.267 e. The van der Waals surface area contributed by atoms with Crippen LogP contribution in [0.2, 0.25) is 0 Å². The van der Waals surface area contributed by atoms with Crippen molar-refractivity contribution in [2.45, 2.75) is 6.54 Å². The van der Waals surface area contributed by atoms with E-state index in [0.717, 1.165) is 3.57 Å². The third kappa shape index (κ3) is 2.39. The number of nitrogens with zero attached hydrogens (tertiary/aromatic N) is 3. The van der Waals surface area contributed by atoms with Crippen molar-refractivity contribution in [3.63, 3.8) is 0 Å². The van der Waals surface area contributed by atoms with Crippen molar-refractivity contribution in [3.05, 3.63) is 51.1 Å². The average Bonchev–Trinajstić information content (AvgIpc) is 2.64. The van der Waals surface area contributed by atoms with Gasteiger partial charge in [0.1, 0.15) is 5.82 Å². The second-order valence-corrected chi connectivity index (χ2v) is 4.52. The van der Waals surface area contributed by atoms with Gasteiger partial charge in [0.2, 0.25) is 0 Å². The molecule has 0 amide bonds.